The summed E-state index contributed by atoms with van der Waals surface area (Å²) >= 11 is 0. The Bertz CT molecular complexity index is 963. The number of hydrogen-bond donors (Lipinski definition) is 0. The number of halogens is 1. The lowest BCUT2D eigenvalue weighted by molar-refractivity contribution is -0.644. The lowest BCUT2D eigenvalue weighted by atomic mass is 10.1. The maximum absolute atomic E-state index is 4.78. The standard InChI is InChI=1S/C19H15N2.ClH/c1-21-13-16(12-15-7-3-5-9-19(15)21)18-11-10-14-6-2-4-8-17(14)20-18;/h2-13H,1H3;1H/q+1;/p-1. The van der Waals surface area contributed by atoms with E-state index in [0.717, 1.165) is 16.8 Å². The SMILES string of the molecule is C[n+]1cc(-c2ccc3ccccc3n2)cc2ccccc21.[Cl-]. The number of aryl methyl sites for hydroxylation is 1. The molecule has 2 nitrogen and oxygen atoms in total. The number of benzene rings is 2. The van der Waals surface area contributed by atoms with Gasteiger partial charge in [-0.05, 0) is 24.3 Å². The van der Waals surface area contributed by atoms with Crippen LogP contribution in [-0.2, 0) is 7.05 Å². The van der Waals surface area contributed by atoms with Gasteiger partial charge < -0.3 is 12.4 Å². The van der Waals surface area contributed by atoms with E-state index in [1.807, 2.05) is 12.1 Å². The molecule has 0 unspecified atom stereocenters. The molecule has 2 aromatic heterocycles. The normalized spacial score (nSPS) is 10.6. The van der Waals surface area contributed by atoms with Crippen molar-refractivity contribution >= 4 is 21.8 Å². The summed E-state index contributed by atoms with van der Waals surface area (Å²) in [6.07, 6.45) is 2.14. The third kappa shape index (κ3) is 2.42. The molecule has 3 heteroatoms. The predicted octanol–water partition coefficient (Wildman–Crippen LogP) is 0.883. The van der Waals surface area contributed by atoms with Crippen molar-refractivity contribution in [2.75, 3.05) is 0 Å². The first-order valence-electron chi connectivity index (χ1n) is 7.06. The van der Waals surface area contributed by atoms with E-state index in [-0.39, 0.29) is 12.4 Å². The average molecular weight is 307 g/mol. The second-order valence-corrected chi connectivity index (χ2v) is 5.29. The zero-order valence-corrected chi connectivity index (χ0v) is 13.0. The van der Waals surface area contributed by atoms with Gasteiger partial charge in [0.2, 0.25) is 5.52 Å². The minimum absolute atomic E-state index is 0. The molecule has 0 N–H and O–H groups in total. The molecule has 0 spiro atoms. The Labute approximate surface area is 135 Å². The molecular formula is C19H15ClN2. The van der Waals surface area contributed by atoms with Crippen LogP contribution in [0.3, 0.4) is 0 Å². The smallest absolute Gasteiger partial charge is 0.212 e. The van der Waals surface area contributed by atoms with Crippen molar-refractivity contribution in [3.8, 4) is 11.3 Å². The van der Waals surface area contributed by atoms with E-state index in [9.17, 15) is 0 Å². The second-order valence-electron chi connectivity index (χ2n) is 5.29. The average Bonchev–Trinajstić information content (AvgIpc) is 2.54. The van der Waals surface area contributed by atoms with E-state index >= 15 is 0 Å². The van der Waals surface area contributed by atoms with Gasteiger partial charge in [-0.25, -0.2) is 9.55 Å². The quantitative estimate of drug-likeness (QED) is 0.477. The summed E-state index contributed by atoms with van der Waals surface area (Å²) < 4.78 is 2.15. The first-order chi connectivity index (χ1) is 10.3. The highest BCUT2D eigenvalue weighted by Gasteiger charge is 2.10. The minimum Gasteiger partial charge on any atom is -1.00 e. The van der Waals surface area contributed by atoms with Gasteiger partial charge >= 0.3 is 0 Å². The molecule has 2 aromatic carbocycles. The molecule has 4 aromatic rings. The zero-order valence-electron chi connectivity index (χ0n) is 12.2. The van der Waals surface area contributed by atoms with Gasteiger partial charge in [-0.15, -0.1) is 0 Å². The van der Waals surface area contributed by atoms with Gasteiger partial charge in [-0.2, -0.15) is 0 Å². The van der Waals surface area contributed by atoms with Crippen LogP contribution in [-0.4, -0.2) is 4.98 Å². The van der Waals surface area contributed by atoms with E-state index in [4.69, 9.17) is 4.98 Å². The summed E-state index contributed by atoms with van der Waals surface area (Å²) in [7, 11) is 2.08. The predicted molar refractivity (Wildman–Crippen MR) is 85.9 cm³/mol. The lowest BCUT2D eigenvalue weighted by Gasteiger charge is -2.04. The van der Waals surface area contributed by atoms with Gasteiger partial charge in [0, 0.05) is 16.8 Å². The highest BCUT2D eigenvalue weighted by molar-refractivity contribution is 5.84. The van der Waals surface area contributed by atoms with Crippen molar-refractivity contribution in [3.05, 3.63) is 72.9 Å². The summed E-state index contributed by atoms with van der Waals surface area (Å²) in [5.74, 6) is 0. The number of para-hydroxylation sites is 2. The van der Waals surface area contributed by atoms with Crippen molar-refractivity contribution in [3.63, 3.8) is 0 Å². The van der Waals surface area contributed by atoms with Crippen LogP contribution in [0.15, 0.2) is 72.9 Å². The first-order valence-corrected chi connectivity index (χ1v) is 7.06. The summed E-state index contributed by atoms with van der Waals surface area (Å²) in [5.41, 5.74) is 4.41. The van der Waals surface area contributed by atoms with Crippen molar-refractivity contribution in [2.45, 2.75) is 0 Å². The molecule has 22 heavy (non-hydrogen) atoms. The van der Waals surface area contributed by atoms with Gasteiger partial charge in [-0.3, -0.25) is 0 Å². The molecule has 0 fully saturated rings. The highest BCUT2D eigenvalue weighted by atomic mass is 35.5. The fourth-order valence-electron chi connectivity index (χ4n) is 2.78. The molecule has 4 rings (SSSR count). The van der Waals surface area contributed by atoms with Crippen LogP contribution in [0.1, 0.15) is 0 Å². The Morgan fingerprint density at radius 2 is 1.55 bits per heavy atom. The Hall–Kier alpha value is -2.45. The van der Waals surface area contributed by atoms with Crippen molar-refractivity contribution in [1.82, 2.24) is 4.98 Å². The number of pyridine rings is 2. The minimum atomic E-state index is 0. The molecule has 0 aliphatic carbocycles. The van der Waals surface area contributed by atoms with Gasteiger partial charge in [0.05, 0.1) is 16.8 Å². The van der Waals surface area contributed by atoms with Gasteiger partial charge in [0.25, 0.3) is 0 Å². The van der Waals surface area contributed by atoms with E-state index in [1.165, 1.54) is 16.3 Å². The van der Waals surface area contributed by atoms with E-state index in [1.54, 1.807) is 0 Å². The van der Waals surface area contributed by atoms with Crippen LogP contribution in [0.4, 0.5) is 0 Å². The van der Waals surface area contributed by atoms with Gasteiger partial charge in [0.1, 0.15) is 7.05 Å². The Balaban J connectivity index is 0.00000144. The van der Waals surface area contributed by atoms with Crippen LogP contribution < -0.4 is 17.0 Å². The molecule has 0 radical (unpaired) electrons. The molecule has 0 bridgehead atoms. The maximum Gasteiger partial charge on any atom is 0.212 e. The zero-order chi connectivity index (χ0) is 14.2. The molecule has 0 saturated heterocycles. The third-order valence-corrected chi connectivity index (χ3v) is 3.85. The molecule has 0 amide bonds. The molecular weight excluding hydrogens is 292 g/mol. The third-order valence-electron chi connectivity index (χ3n) is 3.85. The molecule has 0 aliphatic heterocycles. The van der Waals surface area contributed by atoms with E-state index < -0.39 is 0 Å². The maximum atomic E-state index is 4.78. The molecule has 0 saturated carbocycles. The fraction of sp³-hybridized carbons (Fsp3) is 0.0526. The summed E-state index contributed by atoms with van der Waals surface area (Å²) in [4.78, 5) is 4.78. The Kier molecular flexibility index (Phi) is 3.78. The number of fused-ring (bicyclic) bond motifs is 2. The van der Waals surface area contributed by atoms with Gasteiger partial charge in [-0.1, -0.05) is 36.4 Å². The van der Waals surface area contributed by atoms with Crippen LogP contribution in [0.5, 0.6) is 0 Å². The van der Waals surface area contributed by atoms with Gasteiger partial charge in [0.15, 0.2) is 6.20 Å². The molecule has 2 heterocycles. The van der Waals surface area contributed by atoms with E-state index in [0.29, 0.717) is 0 Å². The summed E-state index contributed by atoms with van der Waals surface area (Å²) in [6, 6.07) is 23.0. The number of aromatic nitrogens is 2. The van der Waals surface area contributed by atoms with Crippen molar-refractivity contribution in [1.29, 1.82) is 0 Å². The van der Waals surface area contributed by atoms with E-state index in [2.05, 4.69) is 72.4 Å². The van der Waals surface area contributed by atoms with Crippen molar-refractivity contribution < 1.29 is 17.0 Å². The Morgan fingerprint density at radius 1 is 0.818 bits per heavy atom. The van der Waals surface area contributed by atoms with Crippen LogP contribution in [0.2, 0.25) is 0 Å². The monoisotopic (exact) mass is 306 g/mol. The highest BCUT2D eigenvalue weighted by Crippen LogP contribution is 2.22. The number of rotatable bonds is 1. The first kappa shape index (κ1) is 14.5. The number of nitrogens with zero attached hydrogens (tertiary/aromatic N) is 2. The van der Waals surface area contributed by atoms with Crippen LogP contribution in [0, 0.1) is 0 Å². The summed E-state index contributed by atoms with van der Waals surface area (Å²) in [6.45, 7) is 0. The fourth-order valence-corrected chi connectivity index (χ4v) is 2.78. The van der Waals surface area contributed by atoms with Crippen molar-refractivity contribution in [2.24, 2.45) is 7.05 Å². The molecule has 108 valence electrons. The van der Waals surface area contributed by atoms with Crippen LogP contribution in [0.25, 0.3) is 33.1 Å². The van der Waals surface area contributed by atoms with Crippen LogP contribution >= 0.6 is 0 Å². The number of hydrogen-bond acceptors (Lipinski definition) is 1. The summed E-state index contributed by atoms with van der Waals surface area (Å²) in [5, 5.41) is 2.40. The topological polar surface area (TPSA) is 16.8 Å². The molecule has 0 aliphatic rings. The Morgan fingerprint density at radius 3 is 2.41 bits per heavy atom. The lowest BCUT2D eigenvalue weighted by Crippen LogP contribution is -3.00. The largest absolute Gasteiger partial charge is 1.00 e. The second kappa shape index (κ2) is 5.74. The molecule has 0 atom stereocenters.